The maximum absolute atomic E-state index is 13.1. The van der Waals surface area contributed by atoms with Crippen molar-refractivity contribution >= 4 is 11.5 Å². The minimum atomic E-state index is -0.425. The zero-order valence-corrected chi connectivity index (χ0v) is 15.4. The van der Waals surface area contributed by atoms with E-state index in [1.807, 2.05) is 29.0 Å². The fraction of sp³-hybridized carbons (Fsp3) is 0.190. The van der Waals surface area contributed by atoms with Gasteiger partial charge in [0.25, 0.3) is 5.69 Å². The van der Waals surface area contributed by atoms with Gasteiger partial charge in [0, 0.05) is 48.0 Å². The van der Waals surface area contributed by atoms with E-state index in [4.69, 9.17) is 9.47 Å². The number of benzene rings is 2. The van der Waals surface area contributed by atoms with E-state index in [0.29, 0.717) is 22.7 Å². The summed E-state index contributed by atoms with van der Waals surface area (Å²) in [5.74, 6) is 0.655. The number of hydrogen-bond donors (Lipinski definition) is 0. The highest BCUT2D eigenvalue weighted by Gasteiger charge is 2.30. The molecule has 7 nitrogen and oxygen atoms in total. The molecule has 1 atom stereocenters. The number of fused-ring (bicyclic) bond motifs is 3. The van der Waals surface area contributed by atoms with Crippen LogP contribution in [0.2, 0.25) is 0 Å². The number of hydrogen-bond acceptors (Lipinski definition) is 5. The highest BCUT2D eigenvalue weighted by Crippen LogP contribution is 2.40. The topological polar surface area (TPSA) is 83.6 Å². The number of methoxy groups -OCH3 is 2. The first-order valence-electron chi connectivity index (χ1n) is 8.74. The molecule has 0 N–H and O–H groups in total. The molecule has 0 amide bonds. The Bertz CT molecular complexity index is 1090. The number of ketones is 1. The minimum Gasteiger partial charge on any atom is -0.493 e. The average Bonchev–Trinajstić information content (AvgIpc) is 3.16. The number of nitro groups is 1. The molecule has 0 radical (unpaired) electrons. The molecule has 1 aliphatic heterocycles. The second kappa shape index (κ2) is 6.84. The van der Waals surface area contributed by atoms with E-state index in [0.717, 1.165) is 11.3 Å². The number of carbonyl (C=O) groups excluding carboxylic acids is 1. The van der Waals surface area contributed by atoms with Gasteiger partial charge in [0.1, 0.15) is 0 Å². The Morgan fingerprint density at radius 3 is 2.54 bits per heavy atom. The summed E-state index contributed by atoms with van der Waals surface area (Å²) in [5, 5.41) is 11.2. The van der Waals surface area contributed by atoms with E-state index in [1.165, 1.54) is 19.2 Å². The smallest absolute Gasteiger partial charge is 0.269 e. The van der Waals surface area contributed by atoms with Gasteiger partial charge in [-0.3, -0.25) is 14.9 Å². The first kappa shape index (κ1) is 17.8. The molecule has 0 aliphatic carbocycles. The third-order valence-electron chi connectivity index (χ3n) is 5.07. The number of Topliss-reactive ketones (excluding diaryl/α,β-unsaturated/α-hetero) is 1. The van der Waals surface area contributed by atoms with Crippen molar-refractivity contribution in [2.45, 2.75) is 12.3 Å². The molecule has 3 aromatic rings. The zero-order valence-electron chi connectivity index (χ0n) is 15.4. The second-order valence-electron chi connectivity index (χ2n) is 6.56. The third-order valence-corrected chi connectivity index (χ3v) is 5.07. The van der Waals surface area contributed by atoms with Crippen LogP contribution in [0.3, 0.4) is 0 Å². The van der Waals surface area contributed by atoms with Gasteiger partial charge in [0.2, 0.25) is 0 Å². The van der Waals surface area contributed by atoms with Crippen molar-refractivity contribution in [3.05, 3.63) is 81.7 Å². The van der Waals surface area contributed by atoms with Crippen LogP contribution in [0, 0.1) is 10.1 Å². The number of aromatic nitrogens is 1. The molecule has 0 fully saturated rings. The Morgan fingerprint density at radius 2 is 1.82 bits per heavy atom. The first-order chi connectivity index (χ1) is 13.5. The van der Waals surface area contributed by atoms with Crippen LogP contribution in [0.15, 0.2) is 54.7 Å². The molecular formula is C21H18N2O5. The number of rotatable bonds is 4. The highest BCUT2D eigenvalue weighted by atomic mass is 16.6. The van der Waals surface area contributed by atoms with Crippen molar-refractivity contribution in [3.8, 4) is 17.2 Å². The maximum Gasteiger partial charge on any atom is 0.269 e. The molecule has 142 valence electrons. The fourth-order valence-electron chi connectivity index (χ4n) is 3.73. The highest BCUT2D eigenvalue weighted by molar-refractivity contribution is 6.01. The van der Waals surface area contributed by atoms with E-state index >= 15 is 0 Å². The number of nitrogens with zero attached hydrogens (tertiary/aromatic N) is 2. The van der Waals surface area contributed by atoms with Gasteiger partial charge in [-0.05, 0) is 23.8 Å². The summed E-state index contributed by atoms with van der Waals surface area (Å²) in [6, 6.07) is 13.8. The summed E-state index contributed by atoms with van der Waals surface area (Å²) < 4.78 is 12.7. The molecule has 2 heterocycles. The molecule has 4 rings (SSSR count). The Labute approximate surface area is 161 Å². The quantitative estimate of drug-likeness (QED) is 0.504. The van der Waals surface area contributed by atoms with Crippen molar-refractivity contribution < 1.29 is 19.2 Å². The van der Waals surface area contributed by atoms with Crippen LogP contribution in [-0.2, 0) is 0 Å². The van der Waals surface area contributed by atoms with E-state index in [9.17, 15) is 14.9 Å². The van der Waals surface area contributed by atoms with Crippen LogP contribution in [-0.4, -0.2) is 29.5 Å². The average molecular weight is 378 g/mol. The number of nitro benzene ring substituents is 1. The second-order valence-corrected chi connectivity index (χ2v) is 6.56. The van der Waals surface area contributed by atoms with E-state index < -0.39 is 4.92 Å². The Kier molecular flexibility index (Phi) is 4.35. The van der Waals surface area contributed by atoms with Crippen LogP contribution in [0.4, 0.5) is 5.69 Å². The first-order valence-corrected chi connectivity index (χ1v) is 8.74. The standard InChI is InChI=1S/C21H18N2O5/c1-27-20-11-16-18(12-21(20)28-2)22-8-4-7-17(22)15(10-19(16)24)13-5-3-6-14(9-13)23(25)26/h3-9,11-12,15H,10H2,1-2H3/t15-/m0/s1. The maximum atomic E-state index is 13.1. The molecule has 1 aliphatic rings. The molecule has 7 heteroatoms. The molecule has 1 aromatic heterocycles. The largest absolute Gasteiger partial charge is 0.493 e. The van der Waals surface area contributed by atoms with Crippen molar-refractivity contribution in [2.75, 3.05) is 14.2 Å². The summed E-state index contributed by atoms with van der Waals surface area (Å²) in [6.45, 7) is 0. The van der Waals surface area contributed by atoms with Crippen molar-refractivity contribution in [3.63, 3.8) is 0 Å². The molecule has 2 aromatic carbocycles. The molecular weight excluding hydrogens is 360 g/mol. The lowest BCUT2D eigenvalue weighted by molar-refractivity contribution is -0.384. The fourth-order valence-corrected chi connectivity index (χ4v) is 3.73. The summed E-state index contributed by atoms with van der Waals surface area (Å²) in [4.78, 5) is 23.9. The monoisotopic (exact) mass is 378 g/mol. The third kappa shape index (κ3) is 2.81. The number of carbonyl (C=O) groups is 1. The molecule has 0 spiro atoms. The zero-order chi connectivity index (χ0) is 19.8. The van der Waals surface area contributed by atoms with Crippen molar-refractivity contribution in [1.29, 1.82) is 0 Å². The van der Waals surface area contributed by atoms with Gasteiger partial charge in [0.05, 0.1) is 24.8 Å². The summed E-state index contributed by atoms with van der Waals surface area (Å²) >= 11 is 0. The van der Waals surface area contributed by atoms with E-state index in [-0.39, 0.29) is 23.8 Å². The summed E-state index contributed by atoms with van der Waals surface area (Å²) in [6.07, 6.45) is 2.08. The van der Waals surface area contributed by atoms with E-state index in [2.05, 4.69) is 0 Å². The van der Waals surface area contributed by atoms with Crippen LogP contribution in [0.5, 0.6) is 11.5 Å². The van der Waals surface area contributed by atoms with Crippen LogP contribution < -0.4 is 9.47 Å². The Hall–Kier alpha value is -3.61. The Morgan fingerprint density at radius 1 is 1.07 bits per heavy atom. The van der Waals surface area contributed by atoms with Gasteiger partial charge >= 0.3 is 0 Å². The van der Waals surface area contributed by atoms with Gasteiger partial charge < -0.3 is 14.0 Å². The van der Waals surface area contributed by atoms with Gasteiger partial charge in [-0.15, -0.1) is 0 Å². The number of ether oxygens (including phenoxy) is 2. The molecule has 0 saturated carbocycles. The summed E-state index contributed by atoms with van der Waals surface area (Å²) in [5.41, 5.74) is 2.86. The van der Waals surface area contributed by atoms with Crippen LogP contribution in [0.25, 0.3) is 5.69 Å². The van der Waals surface area contributed by atoms with Gasteiger partial charge in [0.15, 0.2) is 17.3 Å². The van der Waals surface area contributed by atoms with E-state index in [1.54, 1.807) is 25.3 Å². The SMILES string of the molecule is COc1cc2c(cc1OC)-n1cccc1[C@H](c1cccc([N+](=O)[O-])c1)CC2=O. The predicted octanol–water partition coefficient (Wildman–Crippen LogP) is 4.12. The lowest BCUT2D eigenvalue weighted by Gasteiger charge is -2.17. The van der Waals surface area contributed by atoms with Gasteiger partial charge in [-0.25, -0.2) is 0 Å². The number of non-ortho nitro benzene ring substituents is 1. The predicted molar refractivity (Wildman–Crippen MR) is 103 cm³/mol. The van der Waals surface area contributed by atoms with Gasteiger partial charge in [-0.1, -0.05) is 12.1 Å². The van der Waals surface area contributed by atoms with Crippen LogP contribution >= 0.6 is 0 Å². The molecule has 28 heavy (non-hydrogen) atoms. The van der Waals surface area contributed by atoms with Crippen molar-refractivity contribution in [2.24, 2.45) is 0 Å². The summed E-state index contributed by atoms with van der Waals surface area (Å²) in [7, 11) is 3.07. The Balaban J connectivity index is 1.90. The van der Waals surface area contributed by atoms with Crippen molar-refractivity contribution in [1.82, 2.24) is 4.57 Å². The molecule has 0 saturated heterocycles. The van der Waals surface area contributed by atoms with Crippen LogP contribution in [0.1, 0.15) is 34.0 Å². The lowest BCUT2D eigenvalue weighted by Crippen LogP contribution is -2.08. The molecule has 0 bridgehead atoms. The minimum absolute atomic E-state index is 0.00755. The normalized spacial score (nSPS) is 15.4. The van der Waals surface area contributed by atoms with Gasteiger partial charge in [-0.2, -0.15) is 0 Å². The lowest BCUT2D eigenvalue weighted by atomic mass is 9.89. The molecule has 0 unspecified atom stereocenters.